The number of pyridine rings is 1. The van der Waals surface area contributed by atoms with Gasteiger partial charge in [-0.1, -0.05) is 13.0 Å². The molecule has 4 rings (SSSR count). The van der Waals surface area contributed by atoms with E-state index in [1.165, 1.54) is 6.42 Å². The van der Waals surface area contributed by atoms with Gasteiger partial charge in [0, 0.05) is 56.7 Å². The lowest BCUT2D eigenvalue weighted by Crippen LogP contribution is -2.52. The third kappa shape index (κ3) is 4.78. The van der Waals surface area contributed by atoms with E-state index in [9.17, 15) is 4.79 Å². The van der Waals surface area contributed by atoms with Crippen LogP contribution in [-0.2, 0) is 11.2 Å². The van der Waals surface area contributed by atoms with E-state index >= 15 is 0 Å². The molecule has 0 aliphatic carbocycles. The van der Waals surface area contributed by atoms with Gasteiger partial charge in [0.2, 0.25) is 5.91 Å². The maximum Gasteiger partial charge on any atom is 0.236 e. The fourth-order valence-corrected chi connectivity index (χ4v) is 4.32. The van der Waals surface area contributed by atoms with Crippen molar-refractivity contribution >= 4 is 11.7 Å². The zero-order valence-electron chi connectivity index (χ0n) is 18.1. The van der Waals surface area contributed by atoms with Gasteiger partial charge in [0.15, 0.2) is 5.82 Å². The summed E-state index contributed by atoms with van der Waals surface area (Å²) in [7, 11) is 0. The molecule has 0 spiro atoms. The lowest BCUT2D eigenvalue weighted by Gasteiger charge is -2.38. The number of hydrogen-bond donors (Lipinski definition) is 0. The first-order valence-corrected chi connectivity index (χ1v) is 11.2. The molecular weight excluding hydrogens is 376 g/mol. The second kappa shape index (κ2) is 9.51. The van der Waals surface area contributed by atoms with Crippen LogP contribution in [0.1, 0.15) is 38.8 Å². The number of piperazine rings is 1. The molecule has 4 heterocycles. The first-order chi connectivity index (χ1) is 14.6. The molecule has 7 nitrogen and oxygen atoms in total. The van der Waals surface area contributed by atoms with Crippen molar-refractivity contribution in [2.75, 3.05) is 44.2 Å². The van der Waals surface area contributed by atoms with Gasteiger partial charge in [0.05, 0.1) is 6.54 Å². The maximum atomic E-state index is 12.8. The highest BCUT2D eigenvalue weighted by molar-refractivity contribution is 5.78. The minimum absolute atomic E-state index is 0.281. The molecule has 2 aromatic rings. The van der Waals surface area contributed by atoms with E-state index in [2.05, 4.69) is 44.6 Å². The Morgan fingerprint density at radius 2 is 1.93 bits per heavy atom. The van der Waals surface area contributed by atoms with Crippen LogP contribution in [0, 0.1) is 0 Å². The number of anilines is 1. The van der Waals surface area contributed by atoms with E-state index < -0.39 is 0 Å². The Morgan fingerprint density at radius 3 is 2.63 bits per heavy atom. The third-order valence-corrected chi connectivity index (χ3v) is 6.20. The van der Waals surface area contributed by atoms with Gasteiger partial charge in [-0.2, -0.15) is 0 Å². The molecule has 1 atom stereocenters. The molecule has 0 N–H and O–H groups in total. The second-order valence-electron chi connectivity index (χ2n) is 8.30. The van der Waals surface area contributed by atoms with E-state index in [0.29, 0.717) is 18.4 Å². The van der Waals surface area contributed by atoms with Crippen LogP contribution in [0.15, 0.2) is 30.5 Å². The van der Waals surface area contributed by atoms with Crippen LogP contribution in [0.25, 0.3) is 11.5 Å². The molecule has 2 fully saturated rings. The van der Waals surface area contributed by atoms with Gasteiger partial charge in [-0.3, -0.25) is 14.7 Å². The van der Waals surface area contributed by atoms with Crippen molar-refractivity contribution in [1.82, 2.24) is 24.8 Å². The summed E-state index contributed by atoms with van der Waals surface area (Å²) in [6, 6.07) is 8.28. The molecule has 7 heteroatoms. The van der Waals surface area contributed by atoms with Crippen molar-refractivity contribution in [3.05, 3.63) is 36.2 Å². The summed E-state index contributed by atoms with van der Waals surface area (Å²) in [6.07, 6.45) is 6.14. The average Bonchev–Trinajstić information content (AvgIpc) is 2.80. The molecule has 2 aliphatic heterocycles. The fraction of sp³-hybridized carbons (Fsp3) is 0.565. The summed E-state index contributed by atoms with van der Waals surface area (Å²) in [5.41, 5.74) is 1.83. The summed E-state index contributed by atoms with van der Waals surface area (Å²) < 4.78 is 0. The van der Waals surface area contributed by atoms with Crippen molar-refractivity contribution in [3.8, 4) is 11.5 Å². The highest BCUT2D eigenvalue weighted by atomic mass is 16.2. The molecule has 1 amide bonds. The largest absolute Gasteiger partial charge is 0.354 e. The van der Waals surface area contributed by atoms with Gasteiger partial charge in [0.1, 0.15) is 11.5 Å². The van der Waals surface area contributed by atoms with Crippen LogP contribution in [0.3, 0.4) is 0 Å². The van der Waals surface area contributed by atoms with Gasteiger partial charge in [0.25, 0.3) is 0 Å². The Morgan fingerprint density at radius 1 is 1.10 bits per heavy atom. The maximum absolute atomic E-state index is 12.8. The van der Waals surface area contributed by atoms with E-state index in [4.69, 9.17) is 4.98 Å². The lowest BCUT2D eigenvalue weighted by molar-refractivity contribution is -0.135. The SMILES string of the molecule is CCc1cc(N2CCN(CC(=O)N3CCCCC3C)CC2)nc(-c2ccccn2)n1. The average molecular weight is 409 g/mol. The standard InChI is InChI=1S/C23H32N6O/c1-3-19-16-21(26-23(25-19)20-9-4-6-10-24-20)28-14-12-27(13-15-28)17-22(30)29-11-7-5-8-18(29)2/h4,6,9-10,16,18H,3,5,7-8,11-15,17H2,1-2H3. The Labute approximate surface area is 179 Å². The van der Waals surface area contributed by atoms with Crippen LogP contribution in [-0.4, -0.2) is 76.0 Å². The summed E-state index contributed by atoms with van der Waals surface area (Å²) in [5, 5.41) is 0. The first-order valence-electron chi connectivity index (χ1n) is 11.2. The van der Waals surface area contributed by atoms with Crippen LogP contribution in [0.2, 0.25) is 0 Å². The zero-order valence-corrected chi connectivity index (χ0v) is 18.1. The molecule has 2 aromatic heterocycles. The third-order valence-electron chi connectivity index (χ3n) is 6.20. The molecule has 2 saturated heterocycles. The van der Waals surface area contributed by atoms with E-state index in [1.807, 2.05) is 18.2 Å². The lowest BCUT2D eigenvalue weighted by atomic mass is 10.0. The molecule has 160 valence electrons. The summed E-state index contributed by atoms with van der Waals surface area (Å²) in [6.45, 7) is 9.21. The molecule has 0 bridgehead atoms. The number of aryl methyl sites for hydroxylation is 1. The number of aromatic nitrogens is 3. The van der Waals surface area contributed by atoms with Crippen molar-refractivity contribution < 1.29 is 4.79 Å². The van der Waals surface area contributed by atoms with Gasteiger partial charge in [-0.05, 0) is 44.7 Å². The van der Waals surface area contributed by atoms with E-state index in [-0.39, 0.29) is 5.91 Å². The van der Waals surface area contributed by atoms with Crippen molar-refractivity contribution in [3.63, 3.8) is 0 Å². The summed E-state index contributed by atoms with van der Waals surface area (Å²) >= 11 is 0. The van der Waals surface area contributed by atoms with Crippen LogP contribution < -0.4 is 4.90 Å². The van der Waals surface area contributed by atoms with E-state index in [1.54, 1.807) is 6.20 Å². The Bertz CT molecular complexity index is 850. The Kier molecular flexibility index (Phi) is 6.57. The Hall–Kier alpha value is -2.54. The number of carbonyl (C=O) groups excluding carboxylic acids is 1. The molecule has 0 aromatic carbocycles. The van der Waals surface area contributed by atoms with Gasteiger partial charge >= 0.3 is 0 Å². The van der Waals surface area contributed by atoms with E-state index in [0.717, 1.165) is 69.2 Å². The number of piperidine rings is 1. The molecular formula is C23H32N6O. The smallest absolute Gasteiger partial charge is 0.236 e. The van der Waals surface area contributed by atoms with Gasteiger partial charge in [-0.15, -0.1) is 0 Å². The minimum atomic E-state index is 0.281. The predicted molar refractivity (Wildman–Crippen MR) is 118 cm³/mol. The van der Waals surface area contributed by atoms with Gasteiger partial charge in [-0.25, -0.2) is 9.97 Å². The quantitative estimate of drug-likeness (QED) is 0.758. The highest BCUT2D eigenvalue weighted by Crippen LogP contribution is 2.21. The van der Waals surface area contributed by atoms with Crippen LogP contribution in [0.4, 0.5) is 5.82 Å². The topological polar surface area (TPSA) is 65.5 Å². The van der Waals surface area contributed by atoms with Crippen molar-refractivity contribution in [2.45, 2.75) is 45.6 Å². The highest BCUT2D eigenvalue weighted by Gasteiger charge is 2.26. The molecule has 0 saturated carbocycles. The number of likely N-dealkylation sites (tertiary alicyclic amines) is 1. The normalized spacial score (nSPS) is 20.4. The Balaban J connectivity index is 1.39. The fourth-order valence-electron chi connectivity index (χ4n) is 4.32. The zero-order chi connectivity index (χ0) is 20.9. The number of hydrogen-bond acceptors (Lipinski definition) is 6. The number of rotatable bonds is 5. The number of nitrogens with zero attached hydrogens (tertiary/aromatic N) is 6. The second-order valence-corrected chi connectivity index (χ2v) is 8.30. The predicted octanol–water partition coefficient (Wildman–Crippen LogP) is 2.62. The van der Waals surface area contributed by atoms with Crippen LogP contribution >= 0.6 is 0 Å². The molecule has 30 heavy (non-hydrogen) atoms. The van der Waals surface area contributed by atoms with Crippen LogP contribution in [0.5, 0.6) is 0 Å². The summed E-state index contributed by atoms with van der Waals surface area (Å²) in [4.78, 5) is 33.3. The first kappa shape index (κ1) is 20.7. The molecule has 1 unspecified atom stereocenters. The minimum Gasteiger partial charge on any atom is -0.354 e. The van der Waals surface area contributed by atoms with Crippen molar-refractivity contribution in [1.29, 1.82) is 0 Å². The number of amides is 1. The molecule has 2 aliphatic rings. The van der Waals surface area contributed by atoms with Crippen molar-refractivity contribution in [2.24, 2.45) is 0 Å². The van der Waals surface area contributed by atoms with Gasteiger partial charge < -0.3 is 9.80 Å². The monoisotopic (exact) mass is 408 g/mol. The molecule has 0 radical (unpaired) electrons. The summed E-state index contributed by atoms with van der Waals surface area (Å²) in [5.74, 6) is 1.92. The number of carbonyl (C=O) groups is 1.